The second kappa shape index (κ2) is 9.65. The van der Waals surface area contributed by atoms with E-state index in [0.29, 0.717) is 43.7 Å². The van der Waals surface area contributed by atoms with Crippen LogP contribution in [0.15, 0.2) is 47.4 Å². The van der Waals surface area contributed by atoms with Gasteiger partial charge < -0.3 is 5.32 Å². The van der Waals surface area contributed by atoms with Gasteiger partial charge in [-0.1, -0.05) is 30.7 Å². The second-order valence-electron chi connectivity index (χ2n) is 8.83. The van der Waals surface area contributed by atoms with Crippen LogP contribution in [0.3, 0.4) is 0 Å². The number of amides is 2. The van der Waals surface area contributed by atoms with E-state index in [1.807, 2.05) is 31.2 Å². The first-order chi connectivity index (χ1) is 15.8. The summed E-state index contributed by atoms with van der Waals surface area (Å²) in [4.78, 5) is 27.1. The molecule has 2 aromatic rings. The molecule has 0 aliphatic carbocycles. The summed E-state index contributed by atoms with van der Waals surface area (Å²) in [6, 6.07) is 12.2. The minimum Gasteiger partial charge on any atom is -0.354 e. The Morgan fingerprint density at radius 3 is 2.48 bits per heavy atom. The molecule has 2 amide bonds. The standard InChI is InChI=1S/C25H31N3O4S/c1-18-8-4-5-9-20(18)12-13-26-25(30)24-17-21-16-22(10-11-23(21)28(24)19(2)29)33(31,32)27-14-6-3-7-15-27/h4-5,8-11,16,24H,3,6-7,12-15,17H2,1-2H3,(H,26,30)/t24-/m0/s1. The summed E-state index contributed by atoms with van der Waals surface area (Å²) in [5, 5.41) is 2.96. The van der Waals surface area contributed by atoms with E-state index < -0.39 is 16.1 Å². The molecule has 1 atom stereocenters. The Kier molecular flexibility index (Phi) is 6.86. The summed E-state index contributed by atoms with van der Waals surface area (Å²) in [7, 11) is -3.58. The largest absolute Gasteiger partial charge is 0.354 e. The lowest BCUT2D eigenvalue weighted by Gasteiger charge is -2.26. The molecule has 0 bridgehead atoms. The Labute approximate surface area is 195 Å². The minimum atomic E-state index is -3.58. The van der Waals surface area contributed by atoms with E-state index in [-0.39, 0.29) is 16.7 Å². The molecular formula is C25H31N3O4S. The number of carbonyl (C=O) groups is 2. The molecule has 1 fully saturated rings. The Bertz CT molecular complexity index is 1160. The maximum absolute atomic E-state index is 13.1. The van der Waals surface area contributed by atoms with Crippen LogP contribution >= 0.6 is 0 Å². The minimum absolute atomic E-state index is 0.226. The Morgan fingerprint density at radius 1 is 1.06 bits per heavy atom. The molecule has 0 unspecified atom stereocenters. The predicted molar refractivity (Wildman–Crippen MR) is 128 cm³/mol. The SMILES string of the molecule is CC(=O)N1c2ccc(S(=O)(=O)N3CCCCC3)cc2C[C@H]1C(=O)NCCc1ccccc1C. The van der Waals surface area contributed by atoms with Crippen LogP contribution in [0.1, 0.15) is 42.9 Å². The van der Waals surface area contributed by atoms with E-state index in [9.17, 15) is 18.0 Å². The van der Waals surface area contributed by atoms with Crippen LogP contribution in [0.5, 0.6) is 0 Å². The number of piperidine rings is 1. The summed E-state index contributed by atoms with van der Waals surface area (Å²) in [5.74, 6) is -0.463. The Morgan fingerprint density at radius 2 is 1.79 bits per heavy atom. The molecule has 4 rings (SSSR count). The monoisotopic (exact) mass is 469 g/mol. The highest BCUT2D eigenvalue weighted by molar-refractivity contribution is 7.89. The Balaban J connectivity index is 1.49. The van der Waals surface area contributed by atoms with E-state index >= 15 is 0 Å². The highest BCUT2D eigenvalue weighted by Crippen LogP contribution is 2.35. The van der Waals surface area contributed by atoms with Crippen molar-refractivity contribution >= 4 is 27.5 Å². The molecular weight excluding hydrogens is 438 g/mol. The van der Waals surface area contributed by atoms with Crippen molar-refractivity contribution in [2.45, 2.75) is 56.9 Å². The van der Waals surface area contributed by atoms with Crippen LogP contribution in [0.2, 0.25) is 0 Å². The second-order valence-corrected chi connectivity index (χ2v) is 10.8. The number of anilines is 1. The first-order valence-corrected chi connectivity index (χ1v) is 13.0. The van der Waals surface area contributed by atoms with Crippen molar-refractivity contribution in [2.24, 2.45) is 0 Å². The third-order valence-corrected chi connectivity index (χ3v) is 8.48. The normalized spacial score (nSPS) is 18.7. The zero-order valence-corrected chi connectivity index (χ0v) is 20.0. The van der Waals surface area contributed by atoms with Gasteiger partial charge in [-0.3, -0.25) is 14.5 Å². The van der Waals surface area contributed by atoms with Gasteiger partial charge in [0.1, 0.15) is 6.04 Å². The van der Waals surface area contributed by atoms with E-state index in [4.69, 9.17) is 0 Å². The average molecular weight is 470 g/mol. The number of nitrogens with one attached hydrogen (secondary N) is 1. The number of hydrogen-bond donors (Lipinski definition) is 1. The quantitative estimate of drug-likeness (QED) is 0.705. The molecule has 33 heavy (non-hydrogen) atoms. The van der Waals surface area contributed by atoms with E-state index in [2.05, 4.69) is 5.32 Å². The van der Waals surface area contributed by atoms with Crippen molar-refractivity contribution in [2.75, 3.05) is 24.5 Å². The zero-order chi connectivity index (χ0) is 23.6. The van der Waals surface area contributed by atoms with E-state index in [1.165, 1.54) is 27.3 Å². The molecule has 0 radical (unpaired) electrons. The smallest absolute Gasteiger partial charge is 0.243 e. The lowest BCUT2D eigenvalue weighted by atomic mass is 10.1. The van der Waals surface area contributed by atoms with Crippen molar-refractivity contribution < 1.29 is 18.0 Å². The lowest BCUT2D eigenvalue weighted by Crippen LogP contribution is -2.47. The number of rotatable bonds is 6. The van der Waals surface area contributed by atoms with Gasteiger partial charge in [0.25, 0.3) is 0 Å². The molecule has 2 heterocycles. The van der Waals surface area contributed by atoms with E-state index in [0.717, 1.165) is 19.3 Å². The maximum atomic E-state index is 13.1. The van der Waals surface area contributed by atoms with Crippen molar-refractivity contribution in [3.63, 3.8) is 0 Å². The van der Waals surface area contributed by atoms with Crippen LogP contribution in [0.25, 0.3) is 0 Å². The van der Waals surface area contributed by atoms with E-state index in [1.54, 1.807) is 18.2 Å². The molecule has 2 aromatic carbocycles. The van der Waals surface area contributed by atoms with Gasteiger partial charge in [0, 0.05) is 38.7 Å². The van der Waals surface area contributed by atoms with Gasteiger partial charge in [-0.2, -0.15) is 4.31 Å². The first-order valence-electron chi connectivity index (χ1n) is 11.5. The van der Waals surface area contributed by atoms with Gasteiger partial charge >= 0.3 is 0 Å². The number of benzene rings is 2. The van der Waals surface area contributed by atoms with Crippen molar-refractivity contribution in [3.05, 3.63) is 59.2 Å². The Hall–Kier alpha value is -2.71. The van der Waals surface area contributed by atoms with Gasteiger partial charge in [0.05, 0.1) is 4.90 Å². The van der Waals surface area contributed by atoms with Crippen LogP contribution in [0, 0.1) is 6.92 Å². The number of hydrogen-bond acceptors (Lipinski definition) is 4. The molecule has 2 aliphatic rings. The predicted octanol–water partition coefficient (Wildman–Crippen LogP) is 2.81. The number of nitrogens with zero attached hydrogens (tertiary/aromatic N) is 2. The van der Waals surface area contributed by atoms with Crippen LogP contribution < -0.4 is 10.2 Å². The fraction of sp³-hybridized carbons (Fsp3) is 0.440. The summed E-state index contributed by atoms with van der Waals surface area (Å²) in [6.07, 6.45) is 3.79. The molecule has 1 saturated heterocycles. The number of fused-ring (bicyclic) bond motifs is 1. The molecule has 8 heteroatoms. The van der Waals surface area contributed by atoms with Gasteiger partial charge in [-0.25, -0.2) is 8.42 Å². The fourth-order valence-corrected chi connectivity index (χ4v) is 6.34. The third-order valence-electron chi connectivity index (χ3n) is 6.58. The van der Waals surface area contributed by atoms with Crippen LogP contribution in [-0.2, 0) is 32.5 Å². The van der Waals surface area contributed by atoms with Gasteiger partial charge in [-0.05, 0) is 61.1 Å². The third kappa shape index (κ3) is 4.82. The number of aryl methyl sites for hydroxylation is 1. The lowest BCUT2D eigenvalue weighted by molar-refractivity contribution is -0.125. The molecule has 0 aromatic heterocycles. The highest BCUT2D eigenvalue weighted by Gasteiger charge is 2.38. The fourth-order valence-electron chi connectivity index (χ4n) is 4.77. The van der Waals surface area contributed by atoms with Gasteiger partial charge in [0.15, 0.2) is 0 Å². The zero-order valence-electron chi connectivity index (χ0n) is 19.2. The van der Waals surface area contributed by atoms with Gasteiger partial charge in [-0.15, -0.1) is 0 Å². The molecule has 0 spiro atoms. The average Bonchev–Trinajstić information content (AvgIpc) is 3.20. The molecule has 2 aliphatic heterocycles. The number of sulfonamides is 1. The molecule has 1 N–H and O–H groups in total. The summed E-state index contributed by atoms with van der Waals surface area (Å²) >= 11 is 0. The summed E-state index contributed by atoms with van der Waals surface area (Å²) < 4.78 is 27.7. The topological polar surface area (TPSA) is 86.8 Å². The summed E-state index contributed by atoms with van der Waals surface area (Å²) in [6.45, 7) is 5.01. The van der Waals surface area contributed by atoms with Crippen LogP contribution in [-0.4, -0.2) is 50.2 Å². The first kappa shape index (κ1) is 23.4. The highest BCUT2D eigenvalue weighted by atomic mass is 32.2. The van der Waals surface area contributed by atoms with Crippen LogP contribution in [0.4, 0.5) is 5.69 Å². The molecule has 0 saturated carbocycles. The molecule has 7 nitrogen and oxygen atoms in total. The number of carbonyl (C=O) groups excluding carboxylic acids is 2. The molecule has 176 valence electrons. The van der Waals surface area contributed by atoms with Crippen molar-refractivity contribution in [1.29, 1.82) is 0 Å². The van der Waals surface area contributed by atoms with Crippen molar-refractivity contribution in [3.8, 4) is 0 Å². The summed E-state index contributed by atoms with van der Waals surface area (Å²) in [5.41, 5.74) is 3.66. The van der Waals surface area contributed by atoms with Crippen molar-refractivity contribution in [1.82, 2.24) is 9.62 Å². The van der Waals surface area contributed by atoms with Gasteiger partial charge in [0.2, 0.25) is 21.8 Å². The maximum Gasteiger partial charge on any atom is 0.243 e.